The monoisotopic (exact) mass is 253 g/mol. The molecule has 1 aromatic rings. The quantitative estimate of drug-likeness (QED) is 0.782. The second-order valence-electron chi connectivity index (χ2n) is 4.17. The molecule has 17 heavy (non-hydrogen) atoms. The highest BCUT2D eigenvalue weighted by Gasteiger charge is 2.04. The van der Waals surface area contributed by atoms with Crippen molar-refractivity contribution < 1.29 is 4.74 Å². The third kappa shape index (κ3) is 5.76. The van der Waals surface area contributed by atoms with E-state index >= 15 is 0 Å². The minimum Gasteiger partial charge on any atom is -0.492 e. The van der Waals surface area contributed by atoms with E-state index in [4.69, 9.17) is 16.3 Å². The zero-order valence-electron chi connectivity index (χ0n) is 10.7. The maximum atomic E-state index is 5.82. The van der Waals surface area contributed by atoms with Crippen LogP contribution in [0.2, 0.25) is 5.02 Å². The van der Waals surface area contributed by atoms with Crippen LogP contribution in [-0.4, -0.2) is 19.2 Å². The van der Waals surface area contributed by atoms with Crippen LogP contribution in [0.4, 0.5) is 0 Å². The van der Waals surface area contributed by atoms with Crippen molar-refractivity contribution in [1.29, 1.82) is 0 Å². The smallest absolute Gasteiger partial charge is 0.119 e. The molecule has 1 rings (SSSR count). The Bertz CT molecular complexity index is 355. The Morgan fingerprint density at radius 2 is 2.00 bits per heavy atom. The average Bonchev–Trinajstić information content (AvgIpc) is 2.27. The molecule has 0 heterocycles. The molecule has 1 unspecified atom stereocenters. The second kappa shape index (κ2) is 7.36. The maximum absolute atomic E-state index is 5.82. The third-order valence-electron chi connectivity index (χ3n) is 2.24. The molecule has 1 aromatic carbocycles. The van der Waals surface area contributed by atoms with Gasteiger partial charge in [-0.2, -0.15) is 0 Å². The normalized spacial score (nSPS) is 12.0. The lowest BCUT2D eigenvalue weighted by Gasteiger charge is -2.15. The van der Waals surface area contributed by atoms with Gasteiger partial charge in [0.05, 0.1) is 6.04 Å². The molecule has 1 N–H and O–H groups in total. The van der Waals surface area contributed by atoms with Crippen molar-refractivity contribution in [1.82, 2.24) is 5.32 Å². The summed E-state index contributed by atoms with van der Waals surface area (Å²) in [6.45, 7) is 7.83. The number of likely N-dealkylation sites (N-methyl/N-ethyl adjacent to an activating group) is 1. The molecule has 0 radical (unpaired) electrons. The van der Waals surface area contributed by atoms with E-state index in [0.717, 1.165) is 17.3 Å². The zero-order valence-corrected chi connectivity index (χ0v) is 11.4. The molecular formula is C14H20ClNO. The van der Waals surface area contributed by atoms with Gasteiger partial charge in [0.25, 0.3) is 0 Å². The van der Waals surface area contributed by atoms with E-state index in [0.29, 0.717) is 6.61 Å². The van der Waals surface area contributed by atoms with Gasteiger partial charge in [0.2, 0.25) is 0 Å². The lowest BCUT2D eigenvalue weighted by atomic mass is 10.2. The molecule has 0 saturated carbocycles. The summed E-state index contributed by atoms with van der Waals surface area (Å²) in [7, 11) is 0. The highest BCUT2D eigenvalue weighted by molar-refractivity contribution is 6.30. The number of hydrogen-bond donors (Lipinski definition) is 1. The highest BCUT2D eigenvalue weighted by atomic mass is 35.5. The van der Waals surface area contributed by atoms with E-state index in [1.54, 1.807) is 0 Å². The molecule has 0 aliphatic heterocycles. The van der Waals surface area contributed by atoms with Crippen LogP contribution >= 0.6 is 11.6 Å². The summed E-state index contributed by atoms with van der Waals surface area (Å²) in [4.78, 5) is 0. The minimum absolute atomic E-state index is 0.251. The van der Waals surface area contributed by atoms with Crippen LogP contribution < -0.4 is 10.1 Å². The number of nitrogens with one attached hydrogen (secondary N) is 1. The Hall–Kier alpha value is -0.990. The van der Waals surface area contributed by atoms with Crippen molar-refractivity contribution in [2.45, 2.75) is 26.8 Å². The molecule has 94 valence electrons. The van der Waals surface area contributed by atoms with Gasteiger partial charge in [-0.15, -0.1) is 0 Å². The van der Waals surface area contributed by atoms with Crippen LogP contribution in [0.1, 0.15) is 20.8 Å². The summed E-state index contributed by atoms with van der Waals surface area (Å²) >= 11 is 5.82. The molecule has 0 aromatic heterocycles. The topological polar surface area (TPSA) is 21.3 Å². The largest absolute Gasteiger partial charge is 0.492 e. The molecule has 2 nitrogen and oxygen atoms in total. The molecule has 0 amide bonds. The van der Waals surface area contributed by atoms with E-state index in [9.17, 15) is 0 Å². The number of halogens is 1. The standard InChI is InChI=1S/C14H20ClNO/c1-4-16-13(9-11(2)3)10-17-14-7-5-12(15)6-8-14/h5-9,13,16H,4,10H2,1-3H3. The van der Waals surface area contributed by atoms with Gasteiger partial charge in [-0.25, -0.2) is 0 Å². The number of benzene rings is 1. The first-order valence-electron chi connectivity index (χ1n) is 5.88. The zero-order chi connectivity index (χ0) is 12.7. The van der Waals surface area contributed by atoms with Crippen LogP contribution in [0.3, 0.4) is 0 Å². The van der Waals surface area contributed by atoms with Crippen LogP contribution in [0.5, 0.6) is 5.75 Å². The summed E-state index contributed by atoms with van der Waals surface area (Å²) in [5.74, 6) is 0.847. The van der Waals surface area contributed by atoms with Gasteiger partial charge in [0.15, 0.2) is 0 Å². The third-order valence-corrected chi connectivity index (χ3v) is 2.50. The van der Waals surface area contributed by atoms with Crippen molar-refractivity contribution >= 4 is 11.6 Å². The van der Waals surface area contributed by atoms with Crippen molar-refractivity contribution in [2.24, 2.45) is 0 Å². The Morgan fingerprint density at radius 1 is 1.35 bits per heavy atom. The SMILES string of the molecule is CCNC(C=C(C)C)COc1ccc(Cl)cc1. The molecule has 3 heteroatoms. The molecular weight excluding hydrogens is 234 g/mol. The fourth-order valence-electron chi connectivity index (χ4n) is 1.55. The Morgan fingerprint density at radius 3 is 2.53 bits per heavy atom. The molecule has 0 saturated heterocycles. The fraction of sp³-hybridized carbons (Fsp3) is 0.429. The number of allylic oxidation sites excluding steroid dienone is 1. The van der Waals surface area contributed by atoms with Crippen molar-refractivity contribution in [3.8, 4) is 5.75 Å². The van der Waals surface area contributed by atoms with Crippen molar-refractivity contribution in [3.05, 3.63) is 40.9 Å². The first kappa shape index (κ1) is 14.1. The van der Waals surface area contributed by atoms with Gasteiger partial charge in [-0.1, -0.05) is 30.2 Å². The number of hydrogen-bond acceptors (Lipinski definition) is 2. The summed E-state index contributed by atoms with van der Waals surface area (Å²) in [5, 5.41) is 4.09. The lowest BCUT2D eigenvalue weighted by molar-refractivity contribution is 0.287. The molecule has 1 atom stereocenters. The van der Waals surface area contributed by atoms with E-state index < -0.39 is 0 Å². The second-order valence-corrected chi connectivity index (χ2v) is 4.61. The Labute approximate surface area is 109 Å². The highest BCUT2D eigenvalue weighted by Crippen LogP contribution is 2.15. The Kier molecular flexibility index (Phi) is 6.09. The van der Waals surface area contributed by atoms with Crippen LogP contribution in [0, 0.1) is 0 Å². The molecule has 0 aliphatic rings. The fourth-order valence-corrected chi connectivity index (χ4v) is 1.67. The Balaban J connectivity index is 2.51. The van der Waals surface area contributed by atoms with E-state index in [-0.39, 0.29) is 6.04 Å². The van der Waals surface area contributed by atoms with Crippen LogP contribution in [-0.2, 0) is 0 Å². The average molecular weight is 254 g/mol. The van der Waals surface area contributed by atoms with Gasteiger partial charge in [-0.05, 0) is 44.7 Å². The lowest BCUT2D eigenvalue weighted by Crippen LogP contribution is -2.32. The first-order valence-corrected chi connectivity index (χ1v) is 6.26. The first-order chi connectivity index (χ1) is 8.11. The van der Waals surface area contributed by atoms with Crippen molar-refractivity contribution in [3.63, 3.8) is 0 Å². The van der Waals surface area contributed by atoms with Gasteiger partial charge >= 0.3 is 0 Å². The molecule has 0 bridgehead atoms. The van der Waals surface area contributed by atoms with Crippen LogP contribution in [0.25, 0.3) is 0 Å². The minimum atomic E-state index is 0.251. The summed E-state index contributed by atoms with van der Waals surface area (Å²) in [5.41, 5.74) is 1.29. The van der Waals surface area contributed by atoms with E-state index in [1.165, 1.54) is 5.57 Å². The summed E-state index contributed by atoms with van der Waals surface area (Å²) in [6, 6.07) is 7.68. The van der Waals surface area contributed by atoms with Crippen molar-refractivity contribution in [2.75, 3.05) is 13.2 Å². The van der Waals surface area contributed by atoms with E-state index in [1.807, 2.05) is 24.3 Å². The predicted molar refractivity (Wildman–Crippen MR) is 73.8 cm³/mol. The molecule has 0 fully saturated rings. The number of ether oxygens (including phenoxy) is 1. The maximum Gasteiger partial charge on any atom is 0.119 e. The van der Waals surface area contributed by atoms with Gasteiger partial charge < -0.3 is 10.1 Å². The van der Waals surface area contributed by atoms with Crippen LogP contribution in [0.15, 0.2) is 35.9 Å². The molecule has 0 aliphatic carbocycles. The van der Waals surface area contributed by atoms with E-state index in [2.05, 4.69) is 32.2 Å². The molecule has 0 spiro atoms. The van der Waals surface area contributed by atoms with Gasteiger partial charge in [0, 0.05) is 5.02 Å². The predicted octanol–water partition coefficient (Wildman–Crippen LogP) is 3.66. The summed E-state index contributed by atoms with van der Waals surface area (Å²) in [6.07, 6.45) is 2.18. The van der Waals surface area contributed by atoms with Gasteiger partial charge in [0.1, 0.15) is 12.4 Å². The summed E-state index contributed by atoms with van der Waals surface area (Å²) < 4.78 is 5.71. The number of rotatable bonds is 6. The van der Waals surface area contributed by atoms with Gasteiger partial charge in [-0.3, -0.25) is 0 Å².